The molecule has 6 heteroatoms. The van der Waals surface area contributed by atoms with Crippen LogP contribution in [-0.4, -0.2) is 33.9 Å². The number of benzene rings is 2. The first-order chi connectivity index (χ1) is 11.4. The predicted octanol–water partition coefficient (Wildman–Crippen LogP) is 2.54. The van der Waals surface area contributed by atoms with Crippen LogP contribution in [0.15, 0.2) is 47.4 Å². The first-order valence-electron chi connectivity index (χ1n) is 7.71. The van der Waals surface area contributed by atoms with Crippen molar-refractivity contribution in [2.75, 3.05) is 21.2 Å². The van der Waals surface area contributed by atoms with Gasteiger partial charge >= 0.3 is 0 Å². The third-order valence-corrected chi connectivity index (χ3v) is 5.71. The average Bonchev–Trinajstić information content (AvgIpc) is 2.55. The van der Waals surface area contributed by atoms with Crippen molar-refractivity contribution in [2.45, 2.75) is 24.9 Å². The Morgan fingerprint density at radius 1 is 1.04 bits per heavy atom. The summed E-state index contributed by atoms with van der Waals surface area (Å²) in [6.07, 6.45) is 0. The van der Waals surface area contributed by atoms with Crippen molar-refractivity contribution in [3.05, 3.63) is 59.2 Å². The quantitative estimate of drug-likeness (QED) is 0.835. The molecule has 24 heavy (non-hydrogen) atoms. The average molecular weight is 348 g/mol. The highest BCUT2D eigenvalue weighted by molar-refractivity contribution is 7.89. The number of rotatable bonds is 7. The van der Waals surface area contributed by atoms with Gasteiger partial charge < -0.3 is 10.1 Å². The van der Waals surface area contributed by atoms with Crippen molar-refractivity contribution in [3.8, 4) is 5.75 Å². The van der Waals surface area contributed by atoms with E-state index in [-0.39, 0.29) is 0 Å². The highest BCUT2D eigenvalue weighted by Crippen LogP contribution is 2.21. The lowest BCUT2D eigenvalue weighted by atomic mass is 10.1. The van der Waals surface area contributed by atoms with Crippen LogP contribution in [0.2, 0.25) is 0 Å². The Bertz CT molecular complexity index is 802. The van der Waals surface area contributed by atoms with Gasteiger partial charge in [-0.1, -0.05) is 35.9 Å². The number of nitrogens with one attached hydrogen (secondary N) is 1. The van der Waals surface area contributed by atoms with Gasteiger partial charge in [0.1, 0.15) is 5.75 Å². The first kappa shape index (κ1) is 18.4. The Labute approximate surface area is 144 Å². The molecule has 130 valence electrons. The fraction of sp³-hybridized carbons (Fsp3) is 0.333. The summed E-state index contributed by atoms with van der Waals surface area (Å²) in [5.41, 5.74) is 2.95. The van der Waals surface area contributed by atoms with Crippen LogP contribution < -0.4 is 10.1 Å². The molecule has 5 nitrogen and oxygen atoms in total. The van der Waals surface area contributed by atoms with Crippen LogP contribution in [-0.2, 0) is 23.1 Å². The Hall–Kier alpha value is -1.89. The molecule has 0 aliphatic heterocycles. The molecule has 0 radical (unpaired) electrons. The third kappa shape index (κ3) is 4.14. The number of sulfonamides is 1. The summed E-state index contributed by atoms with van der Waals surface area (Å²) in [5, 5.41) is 3.31. The zero-order valence-corrected chi connectivity index (χ0v) is 15.4. The Kier molecular flexibility index (Phi) is 5.99. The summed E-state index contributed by atoms with van der Waals surface area (Å²) in [6.45, 7) is 3.09. The van der Waals surface area contributed by atoms with Crippen LogP contribution in [0, 0.1) is 6.92 Å². The second-order valence-electron chi connectivity index (χ2n) is 5.81. The van der Waals surface area contributed by atoms with E-state index in [0.717, 1.165) is 22.4 Å². The van der Waals surface area contributed by atoms with Crippen molar-refractivity contribution < 1.29 is 13.2 Å². The summed E-state index contributed by atoms with van der Waals surface area (Å²) >= 11 is 0. The third-order valence-electron chi connectivity index (χ3n) is 3.80. The molecule has 2 aromatic rings. The standard InChI is InChI=1S/C18H24N2O3S/c1-14-9-10-17(23-4)16(11-14)13-19-12-15-7-5-6-8-18(15)24(21,22)20(2)3/h5-11,19H,12-13H2,1-4H3. The zero-order valence-electron chi connectivity index (χ0n) is 14.5. The SMILES string of the molecule is COc1ccc(C)cc1CNCc1ccccc1S(=O)(=O)N(C)C. The van der Waals surface area contributed by atoms with E-state index in [0.29, 0.717) is 18.0 Å². The maximum Gasteiger partial charge on any atom is 0.242 e. The second kappa shape index (κ2) is 7.79. The van der Waals surface area contributed by atoms with Gasteiger partial charge in [-0.05, 0) is 24.6 Å². The summed E-state index contributed by atoms with van der Waals surface area (Å²) in [5.74, 6) is 0.822. The number of aryl methyl sites for hydroxylation is 1. The Balaban J connectivity index is 2.16. The molecule has 0 unspecified atom stereocenters. The molecule has 0 saturated carbocycles. The molecule has 1 N–H and O–H groups in total. The fourth-order valence-electron chi connectivity index (χ4n) is 2.48. The van der Waals surface area contributed by atoms with Crippen molar-refractivity contribution in [3.63, 3.8) is 0 Å². The molecule has 0 fully saturated rings. The molecular formula is C18H24N2O3S. The lowest BCUT2D eigenvalue weighted by molar-refractivity contribution is 0.407. The van der Waals surface area contributed by atoms with E-state index in [1.807, 2.05) is 31.2 Å². The van der Waals surface area contributed by atoms with Gasteiger partial charge in [0.2, 0.25) is 10.0 Å². The zero-order chi connectivity index (χ0) is 17.7. The monoisotopic (exact) mass is 348 g/mol. The Morgan fingerprint density at radius 2 is 1.71 bits per heavy atom. The summed E-state index contributed by atoms with van der Waals surface area (Å²) < 4.78 is 31.4. The van der Waals surface area contributed by atoms with Gasteiger partial charge in [0.25, 0.3) is 0 Å². The first-order valence-corrected chi connectivity index (χ1v) is 9.15. The summed E-state index contributed by atoms with van der Waals surface area (Å²) in [6, 6.07) is 13.1. The van der Waals surface area contributed by atoms with Gasteiger partial charge in [-0.25, -0.2) is 12.7 Å². The molecule has 0 bridgehead atoms. The molecule has 0 amide bonds. The van der Waals surface area contributed by atoms with E-state index in [1.165, 1.54) is 18.4 Å². The normalized spacial score (nSPS) is 11.7. The summed E-state index contributed by atoms with van der Waals surface area (Å²) in [7, 11) is 1.27. The van der Waals surface area contributed by atoms with E-state index in [2.05, 4.69) is 11.4 Å². The molecule has 0 aliphatic carbocycles. The van der Waals surface area contributed by atoms with E-state index in [1.54, 1.807) is 19.2 Å². The maximum atomic E-state index is 12.4. The van der Waals surface area contributed by atoms with Crippen LogP contribution in [0.1, 0.15) is 16.7 Å². The minimum atomic E-state index is -3.45. The van der Waals surface area contributed by atoms with Crippen LogP contribution in [0.5, 0.6) is 5.75 Å². The fourth-order valence-corrected chi connectivity index (χ4v) is 3.59. The predicted molar refractivity (Wildman–Crippen MR) is 95.6 cm³/mol. The number of methoxy groups -OCH3 is 1. The van der Waals surface area contributed by atoms with Gasteiger partial charge in [-0.3, -0.25) is 0 Å². The van der Waals surface area contributed by atoms with Crippen molar-refractivity contribution in [2.24, 2.45) is 0 Å². The van der Waals surface area contributed by atoms with Gasteiger partial charge in [0.15, 0.2) is 0 Å². The van der Waals surface area contributed by atoms with Gasteiger partial charge in [0, 0.05) is 32.7 Å². The maximum absolute atomic E-state index is 12.4. The van der Waals surface area contributed by atoms with Gasteiger partial charge in [-0.2, -0.15) is 0 Å². The van der Waals surface area contributed by atoms with Crippen molar-refractivity contribution in [1.29, 1.82) is 0 Å². The van der Waals surface area contributed by atoms with Crippen LogP contribution >= 0.6 is 0 Å². The molecule has 0 atom stereocenters. The number of hydrogen-bond acceptors (Lipinski definition) is 4. The molecule has 0 saturated heterocycles. The highest BCUT2D eigenvalue weighted by atomic mass is 32.2. The Morgan fingerprint density at radius 3 is 2.38 bits per heavy atom. The number of ether oxygens (including phenoxy) is 1. The number of nitrogens with zero attached hydrogens (tertiary/aromatic N) is 1. The number of hydrogen-bond donors (Lipinski definition) is 1. The van der Waals surface area contributed by atoms with Crippen LogP contribution in [0.4, 0.5) is 0 Å². The van der Waals surface area contributed by atoms with E-state index in [4.69, 9.17) is 4.74 Å². The largest absolute Gasteiger partial charge is 0.496 e. The van der Waals surface area contributed by atoms with Crippen LogP contribution in [0.25, 0.3) is 0 Å². The minimum Gasteiger partial charge on any atom is -0.496 e. The lowest BCUT2D eigenvalue weighted by Gasteiger charge is -2.16. The van der Waals surface area contributed by atoms with E-state index < -0.39 is 10.0 Å². The molecule has 0 aliphatic rings. The van der Waals surface area contributed by atoms with Gasteiger partial charge in [0.05, 0.1) is 12.0 Å². The lowest BCUT2D eigenvalue weighted by Crippen LogP contribution is -2.24. The van der Waals surface area contributed by atoms with E-state index in [9.17, 15) is 8.42 Å². The second-order valence-corrected chi connectivity index (χ2v) is 7.93. The minimum absolute atomic E-state index is 0.332. The van der Waals surface area contributed by atoms with Crippen molar-refractivity contribution in [1.82, 2.24) is 9.62 Å². The molecular weight excluding hydrogens is 324 g/mol. The molecule has 0 spiro atoms. The summed E-state index contributed by atoms with van der Waals surface area (Å²) in [4.78, 5) is 0.332. The van der Waals surface area contributed by atoms with Crippen LogP contribution in [0.3, 0.4) is 0 Å². The van der Waals surface area contributed by atoms with E-state index >= 15 is 0 Å². The highest BCUT2D eigenvalue weighted by Gasteiger charge is 2.20. The van der Waals surface area contributed by atoms with Gasteiger partial charge in [-0.15, -0.1) is 0 Å². The smallest absolute Gasteiger partial charge is 0.242 e. The molecule has 2 aromatic carbocycles. The molecule has 0 aromatic heterocycles. The molecule has 2 rings (SSSR count). The van der Waals surface area contributed by atoms with Crippen molar-refractivity contribution >= 4 is 10.0 Å². The molecule has 0 heterocycles. The topological polar surface area (TPSA) is 58.6 Å².